The first-order chi connectivity index (χ1) is 15.8. The summed E-state index contributed by atoms with van der Waals surface area (Å²) in [6.45, 7) is 0. The third-order valence-corrected chi connectivity index (χ3v) is 8.49. The van der Waals surface area contributed by atoms with Gasteiger partial charge in [0.2, 0.25) is 17.7 Å². The Morgan fingerprint density at radius 3 is 2.53 bits per heavy atom. The summed E-state index contributed by atoms with van der Waals surface area (Å²) in [6.07, 6.45) is 1.11. The lowest BCUT2D eigenvalue weighted by Crippen LogP contribution is -2.25. The number of carbonyl (C=O) groups is 2. The van der Waals surface area contributed by atoms with Crippen LogP contribution in [0.1, 0.15) is 29.5 Å². The van der Waals surface area contributed by atoms with Crippen LogP contribution in [0.25, 0.3) is 21.3 Å². The first kappa shape index (κ1) is 24.0. The van der Waals surface area contributed by atoms with Crippen molar-refractivity contribution in [1.29, 1.82) is 0 Å². The fourth-order valence-corrected chi connectivity index (χ4v) is 6.82. The minimum Gasteiger partial charge on any atom is -0.423 e. The highest BCUT2D eigenvalue weighted by molar-refractivity contribution is 8.15. The second kappa shape index (κ2) is 9.28. The van der Waals surface area contributed by atoms with E-state index in [1.165, 1.54) is 11.3 Å². The van der Waals surface area contributed by atoms with Crippen molar-refractivity contribution < 1.29 is 22.4 Å². The Bertz CT molecular complexity index is 1480. The number of amides is 2. The number of nitrogens with one attached hydrogen (secondary N) is 1. The van der Waals surface area contributed by atoms with Crippen LogP contribution in [-0.4, -0.2) is 46.3 Å². The highest BCUT2D eigenvalue weighted by Gasteiger charge is 2.36. The zero-order valence-corrected chi connectivity index (χ0v) is 19.5. The molecule has 1 fully saturated rings. The highest BCUT2D eigenvalue weighted by Crippen LogP contribution is 2.36. The minimum absolute atomic E-state index is 0. The molecule has 1 saturated heterocycles. The van der Waals surface area contributed by atoms with E-state index in [-0.39, 0.29) is 25.6 Å². The Labute approximate surface area is 203 Å². The van der Waals surface area contributed by atoms with Gasteiger partial charge in [-0.1, -0.05) is 55.6 Å². The number of rotatable bonds is 6. The summed E-state index contributed by atoms with van der Waals surface area (Å²) in [5.74, 6) is -0.483. The minimum atomic E-state index is -3.70. The molecule has 2 aromatic heterocycles. The predicted molar refractivity (Wildman–Crippen MR) is 131 cm³/mol. The number of hydrogen-bond donors (Lipinski definition) is 1. The Morgan fingerprint density at radius 1 is 1.09 bits per heavy atom. The van der Waals surface area contributed by atoms with Crippen LogP contribution in [0.5, 0.6) is 0 Å². The molecule has 0 spiro atoms. The van der Waals surface area contributed by atoms with E-state index >= 15 is 0 Å². The van der Waals surface area contributed by atoms with Gasteiger partial charge in [-0.15, -0.1) is 21.5 Å². The number of thioether (sulfide) groups is 1. The number of carbonyl (C=O) groups excluding carboxylic acids is 2. The molecule has 34 heavy (non-hydrogen) atoms. The summed E-state index contributed by atoms with van der Waals surface area (Å²) in [5, 5.41) is 7.96. The van der Waals surface area contributed by atoms with Crippen LogP contribution in [-0.2, 0) is 21.1 Å². The Hall–Kier alpha value is -3.09. The van der Waals surface area contributed by atoms with E-state index in [2.05, 4.69) is 20.5 Å². The molecular weight excluding hydrogens is 496 g/mol. The topological polar surface area (TPSA) is 132 Å². The summed E-state index contributed by atoms with van der Waals surface area (Å²) in [6, 6.07) is 15.6. The molecule has 0 aliphatic carbocycles. The number of benzene rings is 2. The molecule has 0 bridgehead atoms. The molecule has 2 aromatic carbocycles. The van der Waals surface area contributed by atoms with E-state index in [4.69, 9.17) is 4.42 Å². The lowest BCUT2D eigenvalue weighted by Gasteiger charge is -2.07. The van der Waals surface area contributed by atoms with E-state index in [1.807, 2.05) is 48.5 Å². The van der Waals surface area contributed by atoms with Gasteiger partial charge in [0.25, 0.3) is 5.24 Å². The van der Waals surface area contributed by atoms with E-state index in [0.717, 1.165) is 33.8 Å². The predicted octanol–water partition coefficient (Wildman–Crippen LogP) is 4.01. The maximum absolute atomic E-state index is 12.7. The van der Waals surface area contributed by atoms with E-state index in [9.17, 15) is 18.0 Å². The third-order valence-electron chi connectivity index (χ3n) is 5.00. The van der Waals surface area contributed by atoms with Crippen LogP contribution in [0.3, 0.4) is 0 Å². The van der Waals surface area contributed by atoms with Crippen molar-refractivity contribution in [2.75, 3.05) is 6.26 Å². The number of hydrogen-bond acceptors (Lipinski definition) is 10. The molecule has 2 amide bonds. The van der Waals surface area contributed by atoms with Crippen molar-refractivity contribution >= 4 is 54.3 Å². The van der Waals surface area contributed by atoms with Gasteiger partial charge in [-0.05, 0) is 23.3 Å². The second-order valence-corrected chi connectivity index (χ2v) is 11.8. The summed E-state index contributed by atoms with van der Waals surface area (Å²) >= 11 is 2.08. The quantitative estimate of drug-likeness (QED) is 0.403. The molecule has 2 atom stereocenters. The molecular formula is C22H20N4O5S3. The largest absolute Gasteiger partial charge is 0.423 e. The monoisotopic (exact) mass is 516 g/mol. The van der Waals surface area contributed by atoms with E-state index < -0.39 is 31.5 Å². The lowest BCUT2D eigenvalue weighted by atomic mass is 10.1. The van der Waals surface area contributed by atoms with Gasteiger partial charge < -0.3 is 4.42 Å². The summed E-state index contributed by atoms with van der Waals surface area (Å²) < 4.78 is 31.8. The van der Waals surface area contributed by atoms with Gasteiger partial charge in [0.15, 0.2) is 15.1 Å². The van der Waals surface area contributed by atoms with Crippen molar-refractivity contribution in [1.82, 2.24) is 20.5 Å². The summed E-state index contributed by atoms with van der Waals surface area (Å²) in [7, 11) is -3.70. The van der Waals surface area contributed by atoms with Gasteiger partial charge >= 0.3 is 0 Å². The fraction of sp³-hybridized carbons (Fsp3) is 0.227. The van der Waals surface area contributed by atoms with Crippen LogP contribution in [0.2, 0.25) is 0 Å². The van der Waals surface area contributed by atoms with Crippen LogP contribution in [0.4, 0.5) is 4.79 Å². The first-order valence-electron chi connectivity index (χ1n) is 9.76. The maximum atomic E-state index is 12.7. The highest BCUT2D eigenvalue weighted by atomic mass is 32.2. The van der Waals surface area contributed by atoms with E-state index in [1.54, 1.807) is 0 Å². The first-order valence-corrected chi connectivity index (χ1v) is 13.4. The number of imide groups is 1. The fourth-order valence-electron chi connectivity index (χ4n) is 3.48. The maximum Gasteiger partial charge on any atom is 0.286 e. The smallest absolute Gasteiger partial charge is 0.286 e. The Balaban J connectivity index is 0.00000274. The van der Waals surface area contributed by atoms with Gasteiger partial charge in [-0.2, -0.15) is 0 Å². The Kier molecular flexibility index (Phi) is 6.56. The standard InChI is InChI=1S/C21H16N4O5S3.CH4/c1-33(28,29)17(19-25-24-16(30-19)10-15-18(26)23-21(27)32-15)20-22-13-8-7-12(9-14(13)31-20)11-5-3-2-4-6-11;/h2-9,15,17H,10H2,1H3,(H,23,26,27);1H4. The molecule has 1 N–H and O–H groups in total. The molecule has 1 aliphatic rings. The lowest BCUT2D eigenvalue weighted by molar-refractivity contribution is -0.119. The number of sulfone groups is 1. The third kappa shape index (κ3) is 4.74. The zero-order valence-electron chi connectivity index (χ0n) is 17.1. The van der Waals surface area contributed by atoms with Crippen molar-refractivity contribution in [2.24, 2.45) is 0 Å². The average molecular weight is 517 g/mol. The van der Waals surface area contributed by atoms with Crippen molar-refractivity contribution in [2.45, 2.75) is 24.3 Å². The average Bonchev–Trinajstić information content (AvgIpc) is 3.46. The van der Waals surface area contributed by atoms with Gasteiger partial charge in [0.05, 0.1) is 10.2 Å². The number of aromatic nitrogens is 3. The summed E-state index contributed by atoms with van der Waals surface area (Å²) in [4.78, 5) is 27.7. The second-order valence-electron chi connectivity index (χ2n) is 7.43. The normalized spacial score (nSPS) is 16.9. The number of nitrogens with zero attached hydrogens (tertiary/aromatic N) is 3. The molecule has 3 heterocycles. The van der Waals surface area contributed by atoms with Gasteiger partial charge in [0, 0.05) is 12.7 Å². The van der Waals surface area contributed by atoms with Crippen LogP contribution in [0.15, 0.2) is 52.9 Å². The molecule has 9 nitrogen and oxygen atoms in total. The van der Waals surface area contributed by atoms with Gasteiger partial charge in [0.1, 0.15) is 10.3 Å². The molecule has 2 unspecified atom stereocenters. The van der Waals surface area contributed by atoms with Crippen molar-refractivity contribution in [3.05, 3.63) is 65.3 Å². The van der Waals surface area contributed by atoms with Crippen LogP contribution >= 0.6 is 23.1 Å². The SMILES string of the molecule is C.CS(=O)(=O)C(c1nnc(CC2SC(=O)NC2=O)o1)c1nc2ccc(-c3ccccc3)cc2s1. The van der Waals surface area contributed by atoms with E-state index in [0.29, 0.717) is 10.5 Å². The molecule has 5 rings (SSSR count). The molecule has 0 saturated carbocycles. The Morgan fingerprint density at radius 2 is 1.85 bits per heavy atom. The van der Waals surface area contributed by atoms with Crippen molar-refractivity contribution in [3.8, 4) is 11.1 Å². The van der Waals surface area contributed by atoms with Crippen molar-refractivity contribution in [3.63, 3.8) is 0 Å². The van der Waals surface area contributed by atoms with Crippen LogP contribution < -0.4 is 5.32 Å². The van der Waals surface area contributed by atoms with Gasteiger partial charge in [-0.3, -0.25) is 14.9 Å². The molecule has 0 radical (unpaired) electrons. The van der Waals surface area contributed by atoms with Gasteiger partial charge in [-0.25, -0.2) is 13.4 Å². The number of thiazole rings is 1. The molecule has 4 aromatic rings. The number of fused-ring (bicyclic) bond motifs is 1. The molecule has 12 heteroatoms. The molecule has 176 valence electrons. The van der Waals surface area contributed by atoms with Crippen LogP contribution in [0, 0.1) is 0 Å². The molecule has 1 aliphatic heterocycles. The summed E-state index contributed by atoms with van der Waals surface area (Å²) in [5.41, 5.74) is 2.71. The zero-order chi connectivity index (χ0) is 23.2.